The Morgan fingerprint density at radius 3 is 2.44 bits per heavy atom. The van der Waals surface area contributed by atoms with Crippen molar-refractivity contribution in [3.8, 4) is 0 Å². The molecule has 1 N–H and O–H groups in total. The number of ether oxygens (including phenoxy) is 2. The first-order valence-corrected chi connectivity index (χ1v) is 7.61. The van der Waals surface area contributed by atoms with Crippen LogP contribution >= 0.6 is 0 Å². The number of esters is 1. The lowest BCUT2D eigenvalue weighted by atomic mass is 10.1. The molecule has 9 nitrogen and oxygen atoms in total. The zero-order valence-electron chi connectivity index (χ0n) is 14.8. The van der Waals surface area contributed by atoms with Gasteiger partial charge in [-0.2, -0.15) is 0 Å². The summed E-state index contributed by atoms with van der Waals surface area (Å²) in [6.45, 7) is 8.33. The third-order valence-corrected chi connectivity index (χ3v) is 2.82. The highest BCUT2D eigenvalue weighted by molar-refractivity contribution is 6.34. The molecule has 0 aliphatic carbocycles. The van der Waals surface area contributed by atoms with Crippen LogP contribution < -0.4 is 5.32 Å². The largest absolute Gasteiger partial charge is 0.460 e. The number of nitrogens with one attached hydrogen (secondary N) is 1. The fourth-order valence-electron chi connectivity index (χ4n) is 1.81. The van der Waals surface area contributed by atoms with Gasteiger partial charge >= 0.3 is 12.1 Å². The first-order valence-electron chi connectivity index (χ1n) is 7.61. The first-order chi connectivity index (χ1) is 11.6. The number of amides is 1. The Hall–Kier alpha value is -2.84. The van der Waals surface area contributed by atoms with Crippen molar-refractivity contribution in [2.24, 2.45) is 5.18 Å². The van der Waals surface area contributed by atoms with E-state index in [4.69, 9.17) is 4.74 Å². The molecule has 0 spiro atoms. The molecule has 0 atom stereocenters. The second-order valence-electron chi connectivity index (χ2n) is 6.16. The van der Waals surface area contributed by atoms with Crippen LogP contribution in [0.3, 0.4) is 0 Å². The summed E-state index contributed by atoms with van der Waals surface area (Å²) in [6.07, 6.45) is -1.21. The van der Waals surface area contributed by atoms with Crippen LogP contribution in [-0.4, -0.2) is 35.0 Å². The van der Waals surface area contributed by atoms with E-state index in [9.17, 15) is 19.3 Å². The summed E-state index contributed by atoms with van der Waals surface area (Å²) in [5.74, 6) is -1.79. The molecule has 0 unspecified atom stereocenters. The molecule has 0 saturated heterocycles. The number of aromatic nitrogens is 1. The van der Waals surface area contributed by atoms with Crippen molar-refractivity contribution in [1.82, 2.24) is 4.98 Å². The van der Waals surface area contributed by atoms with Crippen molar-refractivity contribution in [2.75, 3.05) is 11.9 Å². The predicted octanol–water partition coefficient (Wildman–Crippen LogP) is 2.81. The Morgan fingerprint density at radius 1 is 1.28 bits per heavy atom. The SMILES string of the molecule is CCOC(=O)C(=O)Cc1nc(NC(=O)OC(C)(C)C)c(C)cc1N=O. The van der Waals surface area contributed by atoms with Gasteiger partial charge in [0.15, 0.2) is 0 Å². The van der Waals surface area contributed by atoms with Gasteiger partial charge in [0.1, 0.15) is 17.1 Å². The van der Waals surface area contributed by atoms with Gasteiger partial charge in [-0.3, -0.25) is 10.1 Å². The minimum Gasteiger partial charge on any atom is -0.460 e. The van der Waals surface area contributed by atoms with E-state index in [-0.39, 0.29) is 23.8 Å². The molecule has 0 aromatic carbocycles. The Bertz CT molecular complexity index is 694. The van der Waals surface area contributed by atoms with Gasteiger partial charge < -0.3 is 9.47 Å². The maximum absolute atomic E-state index is 11.9. The number of hydrogen-bond donors (Lipinski definition) is 1. The Labute approximate surface area is 145 Å². The van der Waals surface area contributed by atoms with Gasteiger partial charge in [0.25, 0.3) is 0 Å². The van der Waals surface area contributed by atoms with E-state index in [2.05, 4.69) is 20.2 Å². The van der Waals surface area contributed by atoms with E-state index >= 15 is 0 Å². The summed E-state index contributed by atoms with van der Waals surface area (Å²) in [5.41, 5.74) is -0.382. The number of ketones is 1. The van der Waals surface area contributed by atoms with Gasteiger partial charge in [-0.15, -0.1) is 4.91 Å². The topological polar surface area (TPSA) is 124 Å². The van der Waals surface area contributed by atoms with Crippen molar-refractivity contribution in [1.29, 1.82) is 0 Å². The van der Waals surface area contributed by atoms with Crippen LogP contribution in [0.5, 0.6) is 0 Å². The molecule has 1 aromatic rings. The van der Waals surface area contributed by atoms with Gasteiger partial charge in [0.2, 0.25) is 5.78 Å². The number of anilines is 1. The highest BCUT2D eigenvalue weighted by Gasteiger charge is 2.22. The molecule has 0 aliphatic rings. The van der Waals surface area contributed by atoms with Crippen molar-refractivity contribution >= 4 is 29.4 Å². The number of pyridine rings is 1. The first kappa shape index (κ1) is 20.2. The van der Waals surface area contributed by atoms with Gasteiger partial charge in [0.05, 0.1) is 18.7 Å². The van der Waals surface area contributed by atoms with Crippen molar-refractivity contribution in [3.63, 3.8) is 0 Å². The minimum absolute atomic E-state index is 0.0373. The van der Waals surface area contributed by atoms with Crippen LogP contribution in [0.25, 0.3) is 0 Å². The van der Waals surface area contributed by atoms with E-state index < -0.39 is 29.9 Å². The van der Waals surface area contributed by atoms with E-state index in [1.165, 1.54) is 6.07 Å². The molecule has 1 rings (SSSR count). The normalized spacial score (nSPS) is 10.8. The van der Waals surface area contributed by atoms with Gasteiger partial charge in [-0.25, -0.2) is 14.6 Å². The van der Waals surface area contributed by atoms with Crippen LogP contribution in [0.4, 0.5) is 16.3 Å². The fourth-order valence-corrected chi connectivity index (χ4v) is 1.81. The number of hydrogen-bond acceptors (Lipinski definition) is 8. The second kappa shape index (κ2) is 8.32. The number of aryl methyl sites for hydroxylation is 1. The van der Waals surface area contributed by atoms with Crippen LogP contribution in [0.15, 0.2) is 11.2 Å². The standard InChI is InChI=1S/C16H21N3O6/c1-6-24-14(21)12(20)8-10-11(19-23)7-9(2)13(17-10)18-15(22)25-16(3,4)5/h7H,6,8H2,1-5H3,(H,17,18,22). The molecule has 0 radical (unpaired) electrons. The summed E-state index contributed by atoms with van der Waals surface area (Å²) in [6, 6.07) is 1.36. The molecule has 1 aromatic heterocycles. The molecule has 25 heavy (non-hydrogen) atoms. The summed E-state index contributed by atoms with van der Waals surface area (Å²) < 4.78 is 9.74. The van der Waals surface area contributed by atoms with Crippen molar-refractivity contribution in [2.45, 2.75) is 46.6 Å². The zero-order valence-corrected chi connectivity index (χ0v) is 14.8. The third-order valence-electron chi connectivity index (χ3n) is 2.82. The van der Waals surface area contributed by atoms with Gasteiger partial charge in [-0.1, -0.05) is 0 Å². The smallest absolute Gasteiger partial charge is 0.413 e. The lowest BCUT2D eigenvalue weighted by Crippen LogP contribution is -2.28. The number of nitroso groups, excluding NO2 is 1. The molecule has 1 heterocycles. The van der Waals surface area contributed by atoms with Crippen LogP contribution in [0.2, 0.25) is 0 Å². The van der Waals surface area contributed by atoms with E-state index in [1.54, 1.807) is 34.6 Å². The van der Waals surface area contributed by atoms with Crippen LogP contribution in [-0.2, 0) is 25.5 Å². The minimum atomic E-state index is -1.02. The van der Waals surface area contributed by atoms with Crippen LogP contribution in [0.1, 0.15) is 39.0 Å². The van der Waals surface area contributed by atoms with Crippen molar-refractivity contribution in [3.05, 3.63) is 22.2 Å². The van der Waals surface area contributed by atoms with Crippen molar-refractivity contribution < 1.29 is 23.9 Å². The highest BCUT2D eigenvalue weighted by atomic mass is 16.6. The molecule has 0 saturated carbocycles. The van der Waals surface area contributed by atoms with E-state index in [0.29, 0.717) is 5.56 Å². The summed E-state index contributed by atoms with van der Waals surface area (Å²) >= 11 is 0. The van der Waals surface area contributed by atoms with Crippen LogP contribution in [0, 0.1) is 11.8 Å². The average Bonchev–Trinajstić information content (AvgIpc) is 2.48. The Balaban J connectivity index is 3.05. The number of carbonyl (C=O) groups is 3. The summed E-state index contributed by atoms with van der Waals surface area (Å²) in [7, 11) is 0. The summed E-state index contributed by atoms with van der Waals surface area (Å²) in [4.78, 5) is 50.1. The summed E-state index contributed by atoms with van der Waals surface area (Å²) in [5, 5.41) is 5.25. The predicted molar refractivity (Wildman–Crippen MR) is 89.6 cm³/mol. The molecular formula is C16H21N3O6. The lowest BCUT2D eigenvalue weighted by Gasteiger charge is -2.20. The molecular weight excluding hydrogens is 330 g/mol. The number of rotatable bonds is 6. The van der Waals surface area contributed by atoms with E-state index in [1.807, 2.05) is 0 Å². The number of nitrogens with zero attached hydrogens (tertiary/aromatic N) is 2. The molecule has 0 fully saturated rings. The monoisotopic (exact) mass is 351 g/mol. The Kier molecular flexibility index (Phi) is 6.72. The van der Waals surface area contributed by atoms with E-state index in [0.717, 1.165) is 0 Å². The second-order valence-corrected chi connectivity index (χ2v) is 6.16. The molecule has 0 bridgehead atoms. The Morgan fingerprint density at radius 2 is 1.92 bits per heavy atom. The quantitative estimate of drug-likeness (QED) is 0.474. The maximum Gasteiger partial charge on any atom is 0.413 e. The fraction of sp³-hybridized carbons (Fsp3) is 0.500. The maximum atomic E-state index is 11.9. The zero-order chi connectivity index (χ0) is 19.2. The molecule has 136 valence electrons. The molecule has 1 amide bonds. The lowest BCUT2D eigenvalue weighted by molar-refractivity contribution is -0.153. The average molecular weight is 351 g/mol. The number of Topliss-reactive ketones (excluding diaryl/α,β-unsaturated/α-hetero) is 1. The van der Waals surface area contributed by atoms with Gasteiger partial charge in [-0.05, 0) is 51.4 Å². The highest BCUT2D eigenvalue weighted by Crippen LogP contribution is 2.25. The molecule has 9 heteroatoms. The molecule has 0 aliphatic heterocycles. The number of carbonyl (C=O) groups excluding carboxylic acids is 3. The third kappa shape index (κ3) is 6.28. The van der Waals surface area contributed by atoms with Gasteiger partial charge in [0, 0.05) is 0 Å².